The first kappa shape index (κ1) is 31.9. The first-order chi connectivity index (χ1) is 29.2. The molecule has 3 nitrogen and oxygen atoms in total. The van der Waals surface area contributed by atoms with E-state index in [1.807, 2.05) is 22.7 Å². The summed E-state index contributed by atoms with van der Waals surface area (Å²) in [5.74, 6) is 0. The van der Waals surface area contributed by atoms with Crippen molar-refractivity contribution in [3.63, 3.8) is 0 Å². The lowest BCUT2D eigenvalue weighted by Gasteiger charge is -2.07. The Morgan fingerprint density at radius 1 is 0.339 bits per heavy atom. The van der Waals surface area contributed by atoms with Crippen LogP contribution in [0.3, 0.4) is 0 Å². The Morgan fingerprint density at radius 3 is 1.69 bits per heavy atom. The van der Waals surface area contributed by atoms with Gasteiger partial charge in [0.1, 0.15) is 22.3 Å². The van der Waals surface area contributed by atoms with Gasteiger partial charge in [-0.1, -0.05) is 109 Å². The van der Waals surface area contributed by atoms with Crippen molar-refractivity contribution in [2.24, 2.45) is 0 Å². The molecule has 0 spiro atoms. The minimum atomic E-state index is 0.852. The van der Waals surface area contributed by atoms with Gasteiger partial charge in [-0.2, -0.15) is 0 Å². The number of hydrogen-bond donors (Lipinski definition) is 0. The third-order valence-electron chi connectivity index (χ3n) is 12.4. The maximum absolute atomic E-state index is 6.72. The van der Waals surface area contributed by atoms with Crippen molar-refractivity contribution < 1.29 is 8.83 Å². The van der Waals surface area contributed by atoms with Gasteiger partial charge in [0.05, 0.1) is 11.0 Å². The molecular formula is C54H29NO2S2. The van der Waals surface area contributed by atoms with Gasteiger partial charge in [0.15, 0.2) is 0 Å². The number of fused-ring (bicyclic) bond motifs is 15. The fourth-order valence-corrected chi connectivity index (χ4v) is 12.2. The van der Waals surface area contributed by atoms with Gasteiger partial charge in [-0.05, 0) is 71.8 Å². The van der Waals surface area contributed by atoms with Crippen LogP contribution in [0, 0.1) is 0 Å². The molecule has 0 saturated heterocycles. The van der Waals surface area contributed by atoms with Crippen molar-refractivity contribution in [2.75, 3.05) is 0 Å². The second-order valence-corrected chi connectivity index (χ2v) is 17.7. The smallest absolute Gasteiger partial charge is 0.137 e. The Hall–Kier alpha value is -7.18. The largest absolute Gasteiger partial charge is 0.456 e. The number of nitrogens with zero attached hydrogens (tertiary/aromatic N) is 1. The number of furan rings is 2. The van der Waals surface area contributed by atoms with E-state index in [2.05, 4.69) is 180 Å². The van der Waals surface area contributed by atoms with Crippen molar-refractivity contribution in [2.45, 2.75) is 0 Å². The average Bonchev–Trinajstić information content (AvgIpc) is 4.10. The lowest BCUT2D eigenvalue weighted by molar-refractivity contribution is 0.664. The normalized spacial score (nSPS) is 12.4. The van der Waals surface area contributed by atoms with Gasteiger partial charge in [0.25, 0.3) is 0 Å². The van der Waals surface area contributed by atoms with E-state index in [0.29, 0.717) is 0 Å². The molecule has 14 aromatic rings. The van der Waals surface area contributed by atoms with Crippen LogP contribution in [0.5, 0.6) is 0 Å². The highest BCUT2D eigenvalue weighted by molar-refractivity contribution is 7.27. The van der Waals surface area contributed by atoms with E-state index in [-0.39, 0.29) is 0 Å². The first-order valence-corrected chi connectivity index (χ1v) is 21.5. The average molecular weight is 788 g/mol. The van der Waals surface area contributed by atoms with E-state index in [1.54, 1.807) is 0 Å². The number of aromatic nitrogens is 1. The highest BCUT2D eigenvalue weighted by atomic mass is 32.1. The van der Waals surface area contributed by atoms with Crippen LogP contribution < -0.4 is 0 Å². The molecule has 0 N–H and O–H groups in total. The van der Waals surface area contributed by atoms with Gasteiger partial charge in [-0.25, -0.2) is 0 Å². The van der Waals surface area contributed by atoms with Crippen molar-refractivity contribution in [3.05, 3.63) is 176 Å². The lowest BCUT2D eigenvalue weighted by atomic mass is 9.96. The summed E-state index contributed by atoms with van der Waals surface area (Å²) < 4.78 is 21.0. The number of benzene rings is 9. The summed E-state index contributed by atoms with van der Waals surface area (Å²) >= 11 is 3.78. The number of hydrogen-bond acceptors (Lipinski definition) is 4. The van der Waals surface area contributed by atoms with Crippen LogP contribution in [0.15, 0.2) is 185 Å². The minimum absolute atomic E-state index is 0.852. The fraction of sp³-hybridized carbons (Fsp3) is 0. The maximum atomic E-state index is 6.72. The molecule has 59 heavy (non-hydrogen) atoms. The predicted octanol–water partition coefficient (Wildman–Crippen LogP) is 16.7. The predicted molar refractivity (Wildman–Crippen MR) is 252 cm³/mol. The summed E-state index contributed by atoms with van der Waals surface area (Å²) in [6.45, 7) is 0. The van der Waals surface area contributed by atoms with Gasteiger partial charge < -0.3 is 13.4 Å². The van der Waals surface area contributed by atoms with Crippen molar-refractivity contribution in [1.82, 2.24) is 4.57 Å². The molecule has 274 valence electrons. The highest BCUT2D eigenvalue weighted by Crippen LogP contribution is 2.47. The van der Waals surface area contributed by atoms with Crippen molar-refractivity contribution in [1.29, 1.82) is 0 Å². The van der Waals surface area contributed by atoms with Crippen LogP contribution in [0.4, 0.5) is 0 Å². The molecular weight excluding hydrogens is 759 g/mol. The van der Waals surface area contributed by atoms with E-state index >= 15 is 0 Å². The fourth-order valence-electron chi connectivity index (χ4n) is 9.80. The first-order valence-electron chi connectivity index (χ1n) is 19.9. The Labute approximate surface area is 344 Å². The van der Waals surface area contributed by atoms with E-state index in [1.165, 1.54) is 78.8 Å². The molecule has 5 heteroatoms. The van der Waals surface area contributed by atoms with E-state index in [9.17, 15) is 0 Å². The van der Waals surface area contributed by atoms with Crippen LogP contribution in [-0.2, 0) is 0 Å². The Bertz CT molecular complexity index is 4040. The molecule has 0 unspecified atom stereocenters. The van der Waals surface area contributed by atoms with Crippen LogP contribution in [-0.4, -0.2) is 4.57 Å². The van der Waals surface area contributed by atoms with Crippen LogP contribution in [0.2, 0.25) is 0 Å². The zero-order valence-electron chi connectivity index (χ0n) is 31.3. The van der Waals surface area contributed by atoms with Crippen LogP contribution in [0.1, 0.15) is 0 Å². The summed E-state index contributed by atoms with van der Waals surface area (Å²) in [7, 11) is 0. The highest BCUT2D eigenvalue weighted by Gasteiger charge is 2.20. The zero-order valence-corrected chi connectivity index (χ0v) is 33.0. The molecule has 5 heterocycles. The second-order valence-electron chi connectivity index (χ2n) is 15.6. The molecule has 0 amide bonds. The quantitative estimate of drug-likeness (QED) is 0.179. The molecule has 0 fully saturated rings. The number of rotatable bonds is 3. The molecule has 5 aromatic heterocycles. The van der Waals surface area contributed by atoms with Gasteiger partial charge in [0.2, 0.25) is 0 Å². The van der Waals surface area contributed by atoms with Crippen molar-refractivity contribution >= 4 is 129 Å². The van der Waals surface area contributed by atoms with Crippen molar-refractivity contribution in [3.8, 4) is 27.9 Å². The summed E-state index contributed by atoms with van der Waals surface area (Å²) in [6.07, 6.45) is 0. The molecule has 0 atom stereocenters. The number of thiophene rings is 2. The molecule has 0 aliphatic rings. The monoisotopic (exact) mass is 787 g/mol. The van der Waals surface area contributed by atoms with E-state index in [0.717, 1.165) is 55.1 Å². The Kier molecular flexibility index (Phi) is 6.32. The van der Waals surface area contributed by atoms with E-state index < -0.39 is 0 Å². The molecule has 0 radical (unpaired) electrons. The Balaban J connectivity index is 0.920. The second kappa shape index (κ2) is 11.7. The Morgan fingerprint density at radius 2 is 0.915 bits per heavy atom. The molecule has 14 rings (SSSR count). The standard InChI is InChI=1S/C54H29NO2S2/c1-4-18-44-33(10-1)34-11-2-5-19-45(34)55(44)31-23-24-35-41-28-49-43(29-48(41)57-47(35)27-31)52-32(13-9-20-46(52)56-49)30-22-25-51-42(26-30)40-17-8-16-39(54(40)59-51)38-15-7-14-37-36-12-3-6-21-50(36)58-53(37)38/h1-29H. The maximum Gasteiger partial charge on any atom is 0.137 e. The third-order valence-corrected chi connectivity index (χ3v) is 14.9. The summed E-state index contributed by atoms with van der Waals surface area (Å²) in [5.41, 5.74) is 11.8. The van der Waals surface area contributed by atoms with Gasteiger partial charge in [-0.3, -0.25) is 0 Å². The molecule has 9 aromatic carbocycles. The number of para-hydroxylation sites is 2. The molecule has 0 aliphatic heterocycles. The lowest BCUT2D eigenvalue weighted by Crippen LogP contribution is -1.93. The van der Waals surface area contributed by atoms with E-state index in [4.69, 9.17) is 8.83 Å². The van der Waals surface area contributed by atoms with Gasteiger partial charge in [0, 0.05) is 95.5 Å². The third kappa shape index (κ3) is 4.41. The SMILES string of the molecule is c1cc(-c2ccc3sc4c(-c5cccc6c5sc5ccccc56)cccc4c3c2)c2c(c1)oc1cc3c(cc12)oc1cc(-n2c4ccccc4c4ccccc42)ccc13. The van der Waals surface area contributed by atoms with Crippen LogP contribution >= 0.6 is 22.7 Å². The summed E-state index contributed by atoms with van der Waals surface area (Å²) in [6, 6.07) is 63.8. The summed E-state index contributed by atoms with van der Waals surface area (Å²) in [5, 5.41) is 12.0. The molecule has 0 bridgehead atoms. The van der Waals surface area contributed by atoms with Gasteiger partial charge >= 0.3 is 0 Å². The molecule has 0 aliphatic carbocycles. The van der Waals surface area contributed by atoms with Crippen LogP contribution in [0.25, 0.3) is 134 Å². The topological polar surface area (TPSA) is 31.2 Å². The molecule has 0 saturated carbocycles. The minimum Gasteiger partial charge on any atom is -0.456 e. The summed E-state index contributed by atoms with van der Waals surface area (Å²) in [4.78, 5) is 0. The van der Waals surface area contributed by atoms with Gasteiger partial charge in [-0.15, -0.1) is 22.7 Å². The zero-order chi connectivity index (χ0) is 38.3.